The quantitative estimate of drug-likeness (QED) is 0.782. The van der Waals surface area contributed by atoms with Crippen molar-refractivity contribution in [3.05, 3.63) is 0 Å². The zero-order chi connectivity index (χ0) is 13.5. The second-order valence-electron chi connectivity index (χ2n) is 5.96. The number of ether oxygens (including phenoxy) is 1. The van der Waals surface area contributed by atoms with Gasteiger partial charge in [-0.3, -0.25) is 4.21 Å². The summed E-state index contributed by atoms with van der Waals surface area (Å²) in [5.41, 5.74) is 0. The molecule has 0 aromatic heterocycles. The Labute approximate surface area is 120 Å². The average Bonchev–Trinajstić information content (AvgIpc) is 2.98. The van der Waals surface area contributed by atoms with Crippen molar-refractivity contribution in [2.24, 2.45) is 5.92 Å². The SMILES string of the molecule is CCCNC(CS(=O)C1CCOCC1)C1CCCC1. The minimum Gasteiger partial charge on any atom is -0.381 e. The molecule has 1 N–H and O–H groups in total. The molecule has 0 aromatic rings. The maximum atomic E-state index is 12.5. The van der Waals surface area contributed by atoms with Crippen molar-refractivity contribution in [3.8, 4) is 0 Å². The maximum Gasteiger partial charge on any atom is 0.0477 e. The summed E-state index contributed by atoms with van der Waals surface area (Å²) < 4.78 is 17.9. The summed E-state index contributed by atoms with van der Waals surface area (Å²) in [6, 6.07) is 0.478. The first-order valence-corrected chi connectivity index (χ1v) is 9.37. The molecule has 0 aromatic carbocycles. The van der Waals surface area contributed by atoms with Crippen LogP contribution < -0.4 is 5.32 Å². The lowest BCUT2D eigenvalue weighted by molar-refractivity contribution is 0.0991. The van der Waals surface area contributed by atoms with E-state index in [1.807, 2.05) is 0 Å². The van der Waals surface area contributed by atoms with E-state index in [2.05, 4.69) is 12.2 Å². The predicted molar refractivity (Wildman–Crippen MR) is 80.9 cm³/mol. The third-order valence-corrected chi connectivity index (χ3v) is 6.41. The molecule has 19 heavy (non-hydrogen) atoms. The first kappa shape index (κ1) is 15.5. The smallest absolute Gasteiger partial charge is 0.0477 e. The van der Waals surface area contributed by atoms with E-state index < -0.39 is 10.8 Å². The van der Waals surface area contributed by atoms with Gasteiger partial charge in [-0.25, -0.2) is 0 Å². The lowest BCUT2D eigenvalue weighted by atomic mass is 9.99. The van der Waals surface area contributed by atoms with Gasteiger partial charge in [0.2, 0.25) is 0 Å². The van der Waals surface area contributed by atoms with Crippen LogP contribution in [0.1, 0.15) is 51.9 Å². The molecule has 2 atom stereocenters. The van der Waals surface area contributed by atoms with Gasteiger partial charge in [-0.15, -0.1) is 0 Å². The van der Waals surface area contributed by atoms with Crippen molar-refractivity contribution in [1.29, 1.82) is 0 Å². The molecule has 0 bridgehead atoms. The molecule has 3 nitrogen and oxygen atoms in total. The van der Waals surface area contributed by atoms with Crippen molar-refractivity contribution >= 4 is 10.8 Å². The van der Waals surface area contributed by atoms with Gasteiger partial charge in [-0.2, -0.15) is 0 Å². The Hall–Kier alpha value is 0.0700. The summed E-state index contributed by atoms with van der Waals surface area (Å²) in [4.78, 5) is 0. The lowest BCUT2D eigenvalue weighted by Crippen LogP contribution is -2.42. The van der Waals surface area contributed by atoms with Crippen LogP contribution in [0.25, 0.3) is 0 Å². The van der Waals surface area contributed by atoms with E-state index in [0.29, 0.717) is 11.3 Å². The van der Waals surface area contributed by atoms with Crippen LogP contribution in [-0.2, 0) is 15.5 Å². The van der Waals surface area contributed by atoms with E-state index in [-0.39, 0.29) is 0 Å². The highest BCUT2D eigenvalue weighted by Gasteiger charge is 2.29. The molecule has 4 heteroatoms. The van der Waals surface area contributed by atoms with Gasteiger partial charge in [0.15, 0.2) is 0 Å². The molecule has 0 radical (unpaired) electrons. The normalized spacial score (nSPS) is 25.5. The highest BCUT2D eigenvalue weighted by molar-refractivity contribution is 7.85. The molecule has 1 heterocycles. The van der Waals surface area contributed by atoms with Crippen LogP contribution in [0, 0.1) is 5.92 Å². The summed E-state index contributed by atoms with van der Waals surface area (Å²) in [6.07, 6.45) is 8.50. The van der Waals surface area contributed by atoms with E-state index >= 15 is 0 Å². The number of hydrogen-bond acceptors (Lipinski definition) is 3. The zero-order valence-electron chi connectivity index (χ0n) is 12.2. The van der Waals surface area contributed by atoms with E-state index in [4.69, 9.17) is 4.74 Å². The molecule has 112 valence electrons. The van der Waals surface area contributed by atoms with Gasteiger partial charge in [-0.05, 0) is 44.6 Å². The van der Waals surface area contributed by atoms with Gasteiger partial charge >= 0.3 is 0 Å². The Morgan fingerprint density at radius 2 is 1.89 bits per heavy atom. The van der Waals surface area contributed by atoms with Gasteiger partial charge in [0.25, 0.3) is 0 Å². The monoisotopic (exact) mass is 287 g/mol. The van der Waals surface area contributed by atoms with Crippen LogP contribution >= 0.6 is 0 Å². The topological polar surface area (TPSA) is 38.3 Å². The summed E-state index contributed by atoms with van der Waals surface area (Å²) in [7, 11) is -0.679. The fourth-order valence-corrected chi connectivity index (χ4v) is 5.04. The first-order valence-electron chi connectivity index (χ1n) is 7.99. The Kier molecular flexibility index (Phi) is 6.82. The predicted octanol–water partition coefficient (Wildman–Crippen LogP) is 2.47. The number of nitrogens with one attached hydrogen (secondary N) is 1. The van der Waals surface area contributed by atoms with E-state index in [1.54, 1.807) is 0 Å². The molecule has 0 amide bonds. The Bertz CT molecular complexity index is 273. The lowest BCUT2D eigenvalue weighted by Gasteiger charge is -2.28. The van der Waals surface area contributed by atoms with Crippen molar-refractivity contribution < 1.29 is 8.95 Å². The van der Waals surface area contributed by atoms with Gasteiger partial charge in [0.1, 0.15) is 0 Å². The minimum absolute atomic E-state index is 0.376. The molecule has 1 saturated carbocycles. The van der Waals surface area contributed by atoms with Crippen molar-refractivity contribution in [2.45, 2.75) is 63.2 Å². The average molecular weight is 287 g/mol. The number of hydrogen-bond donors (Lipinski definition) is 1. The van der Waals surface area contributed by atoms with Crippen molar-refractivity contribution in [3.63, 3.8) is 0 Å². The summed E-state index contributed by atoms with van der Waals surface area (Å²) >= 11 is 0. The molecular weight excluding hydrogens is 258 g/mol. The Morgan fingerprint density at radius 1 is 1.21 bits per heavy atom. The number of rotatable bonds is 7. The largest absolute Gasteiger partial charge is 0.381 e. The van der Waals surface area contributed by atoms with E-state index in [0.717, 1.165) is 50.7 Å². The van der Waals surface area contributed by atoms with Gasteiger partial charge in [-0.1, -0.05) is 19.8 Å². The molecule has 0 spiro atoms. The highest BCUT2D eigenvalue weighted by Crippen LogP contribution is 2.29. The van der Waals surface area contributed by atoms with Crippen molar-refractivity contribution in [2.75, 3.05) is 25.5 Å². The Balaban J connectivity index is 1.84. The fraction of sp³-hybridized carbons (Fsp3) is 1.00. The molecule has 1 aliphatic heterocycles. The van der Waals surface area contributed by atoms with E-state index in [1.165, 1.54) is 25.7 Å². The van der Waals surface area contributed by atoms with Crippen molar-refractivity contribution in [1.82, 2.24) is 5.32 Å². The van der Waals surface area contributed by atoms with Crippen LogP contribution in [-0.4, -0.2) is 41.0 Å². The zero-order valence-corrected chi connectivity index (χ0v) is 13.1. The maximum absolute atomic E-state index is 12.5. The Morgan fingerprint density at radius 3 is 2.53 bits per heavy atom. The summed E-state index contributed by atoms with van der Waals surface area (Å²) in [5, 5.41) is 4.03. The second-order valence-corrected chi connectivity index (χ2v) is 7.73. The third kappa shape index (κ3) is 4.83. The van der Waals surface area contributed by atoms with Gasteiger partial charge in [0, 0.05) is 41.1 Å². The first-order chi connectivity index (χ1) is 9.31. The van der Waals surface area contributed by atoms with Gasteiger partial charge in [0.05, 0.1) is 0 Å². The van der Waals surface area contributed by atoms with Crippen LogP contribution in [0.2, 0.25) is 0 Å². The summed E-state index contributed by atoms with van der Waals surface area (Å²) in [6.45, 7) is 4.86. The molecular formula is C15H29NO2S. The molecule has 2 fully saturated rings. The molecule has 2 unspecified atom stereocenters. The second kappa shape index (κ2) is 8.38. The molecule has 1 aliphatic carbocycles. The fourth-order valence-electron chi connectivity index (χ4n) is 3.30. The van der Waals surface area contributed by atoms with Crippen LogP contribution in [0.4, 0.5) is 0 Å². The van der Waals surface area contributed by atoms with E-state index in [9.17, 15) is 4.21 Å². The molecule has 2 aliphatic rings. The van der Waals surface area contributed by atoms with Crippen LogP contribution in [0.15, 0.2) is 0 Å². The van der Waals surface area contributed by atoms with Gasteiger partial charge < -0.3 is 10.1 Å². The standard InChI is InChI=1S/C15H29NO2S/c1-2-9-16-15(13-5-3-4-6-13)12-19(17)14-7-10-18-11-8-14/h13-16H,2-12H2,1H3. The third-order valence-electron chi connectivity index (χ3n) is 4.51. The summed E-state index contributed by atoms with van der Waals surface area (Å²) in [5.74, 6) is 1.62. The van der Waals surface area contributed by atoms with Crippen LogP contribution in [0.3, 0.4) is 0 Å². The molecule has 2 rings (SSSR count). The minimum atomic E-state index is -0.679. The molecule has 1 saturated heterocycles. The highest BCUT2D eigenvalue weighted by atomic mass is 32.2. The van der Waals surface area contributed by atoms with Crippen LogP contribution in [0.5, 0.6) is 0 Å².